The molecule has 18 heavy (non-hydrogen) atoms. The number of hydrogen-bond acceptors (Lipinski definition) is 2. The molecule has 0 spiro atoms. The molecular formula is C14H10FNO2. The molecule has 0 aliphatic heterocycles. The highest BCUT2D eigenvalue weighted by Gasteiger charge is 2.11. The summed E-state index contributed by atoms with van der Waals surface area (Å²) in [5, 5.41) is 1.90. The molecule has 3 aromatic rings. The molecule has 0 unspecified atom stereocenters. The monoisotopic (exact) mass is 243 g/mol. The predicted molar refractivity (Wildman–Crippen MR) is 67.1 cm³/mol. The van der Waals surface area contributed by atoms with E-state index in [0.717, 1.165) is 27.4 Å². The van der Waals surface area contributed by atoms with E-state index in [2.05, 4.69) is 9.93 Å². The molecule has 3 nitrogen and oxygen atoms in total. The van der Waals surface area contributed by atoms with E-state index in [1.54, 1.807) is 12.1 Å². The average Bonchev–Trinajstić information content (AvgIpc) is 2.75. The number of carbonyl (C=O) groups excluding carboxylic acids is 1. The van der Waals surface area contributed by atoms with Crippen molar-refractivity contribution in [2.75, 3.05) is 0 Å². The molecule has 1 aromatic heterocycles. The van der Waals surface area contributed by atoms with Gasteiger partial charge in [-0.2, -0.15) is 0 Å². The number of carbonyl (C=O) groups is 1. The topological polar surface area (TPSA) is 42.1 Å². The van der Waals surface area contributed by atoms with E-state index in [4.69, 9.17) is 0 Å². The number of fused-ring (bicyclic) bond motifs is 3. The van der Waals surface area contributed by atoms with Crippen molar-refractivity contribution in [2.24, 2.45) is 0 Å². The Kier molecular flexibility index (Phi) is 2.30. The van der Waals surface area contributed by atoms with Gasteiger partial charge in [0.2, 0.25) is 0 Å². The molecule has 4 heteroatoms. The lowest BCUT2D eigenvalue weighted by Gasteiger charge is -1.96. The molecule has 3 rings (SSSR count). The van der Waals surface area contributed by atoms with Crippen molar-refractivity contribution in [3.05, 3.63) is 47.5 Å². The molecule has 0 fully saturated rings. The number of aromatic nitrogens is 1. The summed E-state index contributed by atoms with van der Waals surface area (Å²) < 4.78 is 11.9. The lowest BCUT2D eigenvalue weighted by atomic mass is 10.1. The molecule has 1 heterocycles. The second kappa shape index (κ2) is 3.84. The van der Waals surface area contributed by atoms with Gasteiger partial charge in [0.05, 0.1) is 5.56 Å². The Morgan fingerprint density at radius 2 is 1.78 bits per heavy atom. The summed E-state index contributed by atoms with van der Waals surface area (Å²) in [6.07, 6.45) is 0. The van der Waals surface area contributed by atoms with Crippen LogP contribution in [-0.2, 0) is 4.94 Å². The summed E-state index contributed by atoms with van der Waals surface area (Å²) >= 11 is 0. The number of rotatable bonds is 1. The van der Waals surface area contributed by atoms with Gasteiger partial charge in [-0.15, -0.1) is 0 Å². The first-order chi connectivity index (χ1) is 8.69. The minimum atomic E-state index is -0.973. The van der Waals surface area contributed by atoms with E-state index >= 15 is 0 Å². The Morgan fingerprint density at radius 1 is 1.11 bits per heavy atom. The normalized spacial score (nSPS) is 11.0. The lowest BCUT2D eigenvalue weighted by molar-refractivity contribution is -0.0787. The van der Waals surface area contributed by atoms with Gasteiger partial charge in [0.25, 0.3) is 0 Å². The number of H-pyrrole nitrogens is 1. The highest BCUT2D eigenvalue weighted by molar-refractivity contribution is 6.09. The van der Waals surface area contributed by atoms with Crippen LogP contribution in [0.4, 0.5) is 4.53 Å². The summed E-state index contributed by atoms with van der Waals surface area (Å²) in [6.45, 7) is 2.00. The van der Waals surface area contributed by atoms with Crippen LogP contribution < -0.4 is 0 Å². The number of benzene rings is 2. The highest BCUT2D eigenvalue weighted by Crippen LogP contribution is 2.27. The SMILES string of the molecule is Cc1ccc2[nH]c3ccc(C(=O)OF)cc3c2c1. The summed E-state index contributed by atoms with van der Waals surface area (Å²) in [5.41, 5.74) is 3.22. The van der Waals surface area contributed by atoms with E-state index in [1.807, 2.05) is 25.1 Å². The molecular weight excluding hydrogens is 233 g/mol. The van der Waals surface area contributed by atoms with Gasteiger partial charge in [-0.1, -0.05) is 11.6 Å². The fraction of sp³-hybridized carbons (Fsp3) is 0.0714. The van der Waals surface area contributed by atoms with Crippen LogP contribution in [0.3, 0.4) is 0 Å². The van der Waals surface area contributed by atoms with Crippen LogP contribution in [0.2, 0.25) is 0 Å². The van der Waals surface area contributed by atoms with E-state index in [0.29, 0.717) is 0 Å². The maximum absolute atomic E-state index is 11.9. The summed E-state index contributed by atoms with van der Waals surface area (Å²) in [7, 11) is 0. The third-order valence-electron chi connectivity index (χ3n) is 3.06. The molecule has 0 amide bonds. The van der Waals surface area contributed by atoms with E-state index in [9.17, 15) is 9.32 Å². The smallest absolute Gasteiger partial charge is 0.355 e. The second-order valence-corrected chi connectivity index (χ2v) is 4.30. The van der Waals surface area contributed by atoms with Crippen LogP contribution in [0.15, 0.2) is 36.4 Å². The lowest BCUT2D eigenvalue weighted by Crippen LogP contribution is -1.97. The van der Waals surface area contributed by atoms with Gasteiger partial charge in [0, 0.05) is 26.3 Å². The van der Waals surface area contributed by atoms with Crippen molar-refractivity contribution in [2.45, 2.75) is 6.92 Å². The van der Waals surface area contributed by atoms with Crippen molar-refractivity contribution in [1.82, 2.24) is 4.98 Å². The van der Waals surface area contributed by atoms with Crippen LogP contribution in [0.1, 0.15) is 15.9 Å². The maximum Gasteiger partial charge on any atom is 0.379 e. The number of aryl methyl sites for hydroxylation is 1. The van der Waals surface area contributed by atoms with Gasteiger partial charge in [0.15, 0.2) is 0 Å². The third-order valence-corrected chi connectivity index (χ3v) is 3.06. The molecule has 0 bridgehead atoms. The van der Waals surface area contributed by atoms with Gasteiger partial charge in [0.1, 0.15) is 0 Å². The van der Waals surface area contributed by atoms with Crippen LogP contribution in [0, 0.1) is 6.92 Å². The maximum atomic E-state index is 11.9. The van der Waals surface area contributed by atoms with Crippen molar-refractivity contribution < 1.29 is 14.3 Å². The van der Waals surface area contributed by atoms with Gasteiger partial charge in [-0.25, -0.2) is 9.74 Å². The Hall–Kier alpha value is -2.36. The van der Waals surface area contributed by atoms with Gasteiger partial charge in [-0.05, 0) is 37.3 Å². The fourth-order valence-corrected chi connectivity index (χ4v) is 2.18. The molecule has 1 N–H and O–H groups in total. The first-order valence-corrected chi connectivity index (χ1v) is 5.54. The zero-order chi connectivity index (χ0) is 12.7. The molecule has 0 atom stereocenters. The molecule has 0 aliphatic carbocycles. The minimum absolute atomic E-state index is 0.201. The van der Waals surface area contributed by atoms with Crippen molar-refractivity contribution >= 4 is 27.8 Å². The first kappa shape index (κ1) is 10.8. The van der Waals surface area contributed by atoms with Crippen LogP contribution in [-0.4, -0.2) is 11.0 Å². The van der Waals surface area contributed by atoms with Gasteiger partial charge in [-0.3, -0.25) is 0 Å². The fourth-order valence-electron chi connectivity index (χ4n) is 2.18. The number of halogens is 1. The quantitative estimate of drug-likeness (QED) is 0.708. The van der Waals surface area contributed by atoms with Crippen molar-refractivity contribution in [3.63, 3.8) is 0 Å². The van der Waals surface area contributed by atoms with Crippen LogP contribution in [0.25, 0.3) is 21.8 Å². The Bertz CT molecular complexity index is 761. The summed E-state index contributed by atoms with van der Waals surface area (Å²) in [6, 6.07) is 10.9. The number of aromatic amines is 1. The second-order valence-electron chi connectivity index (χ2n) is 4.30. The molecule has 0 saturated carbocycles. The van der Waals surface area contributed by atoms with E-state index < -0.39 is 5.97 Å². The Balaban J connectivity index is 2.34. The largest absolute Gasteiger partial charge is 0.379 e. The summed E-state index contributed by atoms with van der Waals surface area (Å²) in [4.78, 5) is 17.7. The van der Waals surface area contributed by atoms with Crippen molar-refractivity contribution in [3.8, 4) is 0 Å². The molecule has 2 aromatic carbocycles. The van der Waals surface area contributed by atoms with Crippen LogP contribution in [0.5, 0.6) is 0 Å². The minimum Gasteiger partial charge on any atom is -0.355 e. The third kappa shape index (κ3) is 1.54. The van der Waals surface area contributed by atoms with E-state index in [1.165, 1.54) is 6.07 Å². The highest BCUT2D eigenvalue weighted by atomic mass is 19.3. The summed E-state index contributed by atoms with van der Waals surface area (Å²) in [5.74, 6) is -0.973. The Labute approximate surface area is 102 Å². The van der Waals surface area contributed by atoms with Gasteiger partial charge >= 0.3 is 5.97 Å². The zero-order valence-electron chi connectivity index (χ0n) is 9.66. The van der Waals surface area contributed by atoms with Gasteiger partial charge < -0.3 is 4.98 Å². The van der Waals surface area contributed by atoms with Crippen molar-refractivity contribution in [1.29, 1.82) is 0 Å². The number of hydrogen-bond donors (Lipinski definition) is 1. The zero-order valence-corrected chi connectivity index (χ0v) is 9.66. The Morgan fingerprint density at radius 3 is 2.50 bits per heavy atom. The molecule has 0 saturated heterocycles. The predicted octanol–water partition coefficient (Wildman–Crippen LogP) is 3.67. The van der Waals surface area contributed by atoms with E-state index in [-0.39, 0.29) is 5.56 Å². The molecule has 0 radical (unpaired) electrons. The standard InChI is InChI=1S/C14H10FNO2/c1-8-2-4-12-10(6-8)11-7-9(14(17)18-15)3-5-13(11)16-12/h2-7,16H,1H3. The van der Waals surface area contributed by atoms with Crippen LogP contribution >= 0.6 is 0 Å². The first-order valence-electron chi connectivity index (χ1n) is 5.54. The molecule has 90 valence electrons. The molecule has 0 aliphatic rings. The average molecular weight is 243 g/mol. The number of nitrogens with one attached hydrogen (secondary N) is 1.